The molecule has 0 unspecified atom stereocenters. The lowest BCUT2D eigenvalue weighted by atomic mass is 10.1. The quantitative estimate of drug-likeness (QED) is 0.555. The minimum absolute atomic E-state index is 0. The smallest absolute Gasteiger partial charge is 0.0945 e. The van der Waals surface area contributed by atoms with Crippen molar-refractivity contribution in [3.05, 3.63) is 89.7 Å². The van der Waals surface area contributed by atoms with E-state index >= 15 is 0 Å². The van der Waals surface area contributed by atoms with Gasteiger partial charge in [-0.3, -0.25) is 4.98 Å². The molecule has 0 amide bonds. The van der Waals surface area contributed by atoms with Crippen molar-refractivity contribution < 1.29 is 5.11 Å². The normalized spacial score (nSPS) is 10.7. The molecule has 0 atom stereocenters. The molecule has 0 radical (unpaired) electrons. The summed E-state index contributed by atoms with van der Waals surface area (Å²) in [5.41, 5.74) is 6.42. The molecule has 4 heteroatoms. The first kappa shape index (κ1) is 18.2. The third-order valence-electron chi connectivity index (χ3n) is 4.75. The highest BCUT2D eigenvalue weighted by molar-refractivity contribution is 5.95. The van der Waals surface area contributed by atoms with Crippen LogP contribution in [-0.4, -0.2) is 14.7 Å². The number of aliphatic hydroxyl groups is 1. The van der Waals surface area contributed by atoms with Crippen LogP contribution in [0.2, 0.25) is 0 Å². The summed E-state index contributed by atoms with van der Waals surface area (Å²) in [4.78, 5) is 4.67. The Morgan fingerprint density at radius 2 is 1.58 bits per heavy atom. The lowest BCUT2D eigenvalue weighted by Gasteiger charge is -2.11. The molecule has 132 valence electrons. The first-order chi connectivity index (χ1) is 12.3. The highest BCUT2D eigenvalue weighted by Gasteiger charge is 2.18. The lowest BCUT2D eigenvalue weighted by Crippen LogP contribution is -2.03. The van der Waals surface area contributed by atoms with Gasteiger partial charge in [-0.25, -0.2) is 0 Å². The molecule has 0 aliphatic carbocycles. The molecule has 0 fully saturated rings. The predicted molar refractivity (Wildman–Crippen MR) is 109 cm³/mol. The van der Waals surface area contributed by atoms with E-state index in [1.165, 1.54) is 5.56 Å². The molecule has 2 aromatic heterocycles. The molecule has 0 saturated carbocycles. The Bertz CT molecular complexity index is 1010. The molecule has 3 nitrogen and oxygen atoms in total. The number of aromatic nitrogens is 2. The average molecular weight is 365 g/mol. The number of halogens is 1. The van der Waals surface area contributed by atoms with E-state index in [2.05, 4.69) is 52.9 Å². The van der Waals surface area contributed by atoms with Gasteiger partial charge in [-0.05, 0) is 18.6 Å². The van der Waals surface area contributed by atoms with Gasteiger partial charge in [0.1, 0.15) is 0 Å². The van der Waals surface area contributed by atoms with Crippen LogP contribution in [0, 0.1) is 6.92 Å². The van der Waals surface area contributed by atoms with Crippen molar-refractivity contribution in [3.8, 4) is 11.3 Å². The summed E-state index contributed by atoms with van der Waals surface area (Å²) in [6.07, 6.45) is 1.83. The zero-order valence-electron chi connectivity index (χ0n) is 14.6. The number of fused-ring (bicyclic) bond motifs is 1. The fraction of sp³-hybridized carbons (Fsp3) is 0.136. The maximum absolute atomic E-state index is 9.92. The molecule has 4 aromatic rings. The van der Waals surface area contributed by atoms with E-state index < -0.39 is 0 Å². The maximum Gasteiger partial charge on any atom is 0.0945 e. The van der Waals surface area contributed by atoms with Gasteiger partial charge in [0, 0.05) is 34.9 Å². The third kappa shape index (κ3) is 3.12. The van der Waals surface area contributed by atoms with Crippen LogP contribution in [0.5, 0.6) is 0 Å². The number of hydrogen-bond donors (Lipinski definition) is 1. The number of benzene rings is 2. The van der Waals surface area contributed by atoms with Crippen LogP contribution in [0.3, 0.4) is 0 Å². The van der Waals surface area contributed by atoms with Gasteiger partial charge in [-0.1, -0.05) is 60.7 Å². The summed E-state index contributed by atoms with van der Waals surface area (Å²) in [7, 11) is 0. The van der Waals surface area contributed by atoms with Crippen LogP contribution in [0.4, 0.5) is 0 Å². The largest absolute Gasteiger partial charge is 0.392 e. The summed E-state index contributed by atoms with van der Waals surface area (Å²) in [6, 6.07) is 22.6. The van der Waals surface area contributed by atoms with Crippen LogP contribution < -0.4 is 0 Å². The zero-order chi connectivity index (χ0) is 17.2. The topological polar surface area (TPSA) is 38.1 Å². The summed E-state index contributed by atoms with van der Waals surface area (Å²) in [6.45, 7) is 2.86. The van der Waals surface area contributed by atoms with Gasteiger partial charge in [0.05, 0.1) is 17.8 Å². The first-order valence-corrected chi connectivity index (χ1v) is 8.46. The van der Waals surface area contributed by atoms with Gasteiger partial charge >= 0.3 is 0 Å². The van der Waals surface area contributed by atoms with Gasteiger partial charge in [-0.2, -0.15) is 0 Å². The van der Waals surface area contributed by atoms with Crippen molar-refractivity contribution in [2.45, 2.75) is 20.1 Å². The summed E-state index contributed by atoms with van der Waals surface area (Å²) >= 11 is 0. The Balaban J connectivity index is 0.00000196. The van der Waals surface area contributed by atoms with Crippen LogP contribution in [0.1, 0.15) is 16.8 Å². The van der Waals surface area contributed by atoms with Crippen molar-refractivity contribution in [3.63, 3.8) is 0 Å². The second kappa shape index (κ2) is 7.73. The second-order valence-electron chi connectivity index (χ2n) is 6.22. The molecule has 0 saturated heterocycles. The molecule has 0 aliphatic rings. The van der Waals surface area contributed by atoms with Crippen molar-refractivity contribution in [2.75, 3.05) is 0 Å². The maximum atomic E-state index is 9.92. The molecular formula is C22H21ClN2O. The number of nitrogens with zero attached hydrogens (tertiary/aromatic N) is 2. The van der Waals surface area contributed by atoms with Crippen LogP contribution in [-0.2, 0) is 13.2 Å². The first-order valence-electron chi connectivity index (χ1n) is 8.46. The van der Waals surface area contributed by atoms with Gasteiger partial charge in [0.2, 0.25) is 0 Å². The number of pyridine rings is 1. The van der Waals surface area contributed by atoms with E-state index in [1.807, 2.05) is 36.5 Å². The molecule has 1 N–H and O–H groups in total. The Labute approximate surface area is 159 Å². The molecule has 4 rings (SSSR count). The SMILES string of the molecule is Cc1c(CO)c2ccnc(-c3ccccc3)c2n1Cc1ccccc1.Cl. The zero-order valence-corrected chi connectivity index (χ0v) is 15.4. The Morgan fingerprint density at radius 1 is 0.923 bits per heavy atom. The minimum Gasteiger partial charge on any atom is -0.392 e. The Kier molecular flexibility index (Phi) is 5.40. The summed E-state index contributed by atoms with van der Waals surface area (Å²) < 4.78 is 2.27. The Morgan fingerprint density at radius 3 is 2.23 bits per heavy atom. The average Bonchev–Trinajstić information content (AvgIpc) is 2.94. The predicted octanol–water partition coefficient (Wildman–Crippen LogP) is 4.97. The minimum atomic E-state index is 0. The molecule has 0 spiro atoms. The number of hydrogen-bond acceptors (Lipinski definition) is 2. The summed E-state index contributed by atoms with van der Waals surface area (Å²) in [5.74, 6) is 0. The van der Waals surface area contributed by atoms with E-state index in [4.69, 9.17) is 0 Å². The molecule has 0 aliphatic heterocycles. The van der Waals surface area contributed by atoms with E-state index in [0.717, 1.165) is 40.0 Å². The van der Waals surface area contributed by atoms with E-state index in [0.29, 0.717) is 0 Å². The van der Waals surface area contributed by atoms with Gasteiger partial charge in [0.25, 0.3) is 0 Å². The van der Waals surface area contributed by atoms with Crippen LogP contribution in [0.25, 0.3) is 22.2 Å². The third-order valence-corrected chi connectivity index (χ3v) is 4.75. The lowest BCUT2D eigenvalue weighted by molar-refractivity contribution is 0.282. The molecular weight excluding hydrogens is 344 g/mol. The molecule has 0 bridgehead atoms. The van der Waals surface area contributed by atoms with E-state index in [9.17, 15) is 5.11 Å². The molecule has 2 heterocycles. The Hall–Kier alpha value is -2.62. The summed E-state index contributed by atoms with van der Waals surface area (Å²) in [5, 5.41) is 11.0. The standard InChI is InChI=1S/C22H20N2O.ClH/c1-16-20(15-25)19-12-13-23-21(18-10-6-3-7-11-18)22(19)24(16)14-17-8-4-2-5-9-17;/h2-13,25H,14-15H2,1H3;1H. The van der Waals surface area contributed by atoms with Crippen LogP contribution in [0.15, 0.2) is 72.9 Å². The molecule has 2 aromatic carbocycles. The fourth-order valence-electron chi connectivity index (χ4n) is 3.47. The second-order valence-corrected chi connectivity index (χ2v) is 6.22. The highest BCUT2D eigenvalue weighted by atomic mass is 35.5. The number of aliphatic hydroxyl groups excluding tert-OH is 1. The van der Waals surface area contributed by atoms with Gasteiger partial charge in [-0.15, -0.1) is 12.4 Å². The monoisotopic (exact) mass is 364 g/mol. The van der Waals surface area contributed by atoms with Gasteiger partial charge < -0.3 is 9.67 Å². The van der Waals surface area contributed by atoms with E-state index in [1.54, 1.807) is 0 Å². The highest BCUT2D eigenvalue weighted by Crippen LogP contribution is 2.33. The van der Waals surface area contributed by atoms with Crippen molar-refractivity contribution in [1.29, 1.82) is 0 Å². The fourth-order valence-corrected chi connectivity index (χ4v) is 3.47. The van der Waals surface area contributed by atoms with Gasteiger partial charge in [0.15, 0.2) is 0 Å². The van der Waals surface area contributed by atoms with E-state index in [-0.39, 0.29) is 19.0 Å². The van der Waals surface area contributed by atoms with Crippen molar-refractivity contribution in [1.82, 2.24) is 9.55 Å². The number of rotatable bonds is 4. The van der Waals surface area contributed by atoms with Crippen molar-refractivity contribution >= 4 is 23.3 Å². The van der Waals surface area contributed by atoms with Crippen LogP contribution >= 0.6 is 12.4 Å². The molecule has 26 heavy (non-hydrogen) atoms. The van der Waals surface area contributed by atoms with Crippen molar-refractivity contribution in [2.24, 2.45) is 0 Å².